The lowest BCUT2D eigenvalue weighted by molar-refractivity contribution is -0.136. The maximum absolute atomic E-state index is 13.2. The number of hydrogen-bond donors (Lipinski definition) is 0. The van der Waals surface area contributed by atoms with Crippen molar-refractivity contribution in [1.29, 1.82) is 0 Å². The molecule has 0 saturated carbocycles. The second-order valence-corrected chi connectivity index (χ2v) is 6.65. The maximum atomic E-state index is 13.2. The van der Waals surface area contributed by atoms with Gasteiger partial charge in [-0.1, -0.05) is 43.3 Å². The van der Waals surface area contributed by atoms with Gasteiger partial charge in [0.15, 0.2) is 0 Å². The van der Waals surface area contributed by atoms with E-state index < -0.39 is 6.04 Å². The van der Waals surface area contributed by atoms with Crippen molar-refractivity contribution in [2.24, 2.45) is 0 Å². The molecule has 2 aromatic rings. The summed E-state index contributed by atoms with van der Waals surface area (Å²) in [5.74, 6) is -0.541. The van der Waals surface area contributed by atoms with Crippen LogP contribution < -0.4 is 0 Å². The van der Waals surface area contributed by atoms with Gasteiger partial charge in [-0.25, -0.2) is 4.39 Å². The Balaban J connectivity index is 1.80. The number of rotatable bonds is 7. The summed E-state index contributed by atoms with van der Waals surface area (Å²) in [5.41, 5.74) is 2.44. The van der Waals surface area contributed by atoms with Crippen LogP contribution >= 0.6 is 0 Å². The number of halogens is 1. The summed E-state index contributed by atoms with van der Waals surface area (Å²) in [7, 11) is 0. The summed E-state index contributed by atoms with van der Waals surface area (Å²) in [5, 5.41) is 0. The minimum Gasteiger partial charge on any atom is -0.333 e. The first-order valence-electron chi connectivity index (χ1n) is 9.08. The molecule has 27 heavy (non-hydrogen) atoms. The van der Waals surface area contributed by atoms with Crippen molar-refractivity contribution in [3.8, 4) is 0 Å². The molecule has 0 spiro atoms. The Bertz CT molecular complexity index is 848. The van der Waals surface area contributed by atoms with Crippen molar-refractivity contribution in [3.63, 3.8) is 0 Å². The molecule has 0 aromatic heterocycles. The van der Waals surface area contributed by atoms with Crippen molar-refractivity contribution in [3.05, 3.63) is 83.7 Å². The minimum absolute atomic E-state index is 0.105. The van der Waals surface area contributed by atoms with Gasteiger partial charge in [0.1, 0.15) is 11.9 Å². The van der Waals surface area contributed by atoms with Gasteiger partial charge in [0.25, 0.3) is 5.91 Å². The average molecular weight is 366 g/mol. The lowest BCUT2D eigenvalue weighted by Crippen LogP contribution is -2.48. The van der Waals surface area contributed by atoms with E-state index in [0.717, 1.165) is 11.1 Å². The molecule has 3 rings (SSSR count). The summed E-state index contributed by atoms with van der Waals surface area (Å²) >= 11 is 0. The normalized spacial score (nSPS) is 14.0. The molecule has 1 heterocycles. The molecule has 0 fully saturated rings. The van der Waals surface area contributed by atoms with Gasteiger partial charge in [-0.3, -0.25) is 9.59 Å². The molecule has 1 aliphatic rings. The second kappa shape index (κ2) is 8.16. The Morgan fingerprint density at radius 2 is 1.96 bits per heavy atom. The van der Waals surface area contributed by atoms with E-state index in [1.54, 1.807) is 34.1 Å². The molecule has 1 atom stereocenters. The average Bonchev–Trinajstić information content (AvgIpc) is 3.00. The van der Waals surface area contributed by atoms with Crippen molar-refractivity contribution in [2.45, 2.75) is 32.5 Å². The number of carbonyl (C=O) groups is 2. The second-order valence-electron chi connectivity index (χ2n) is 6.65. The van der Waals surface area contributed by atoms with E-state index in [-0.39, 0.29) is 17.6 Å². The van der Waals surface area contributed by atoms with E-state index in [1.807, 2.05) is 25.1 Å². The van der Waals surface area contributed by atoms with Crippen LogP contribution in [0.4, 0.5) is 4.39 Å². The summed E-state index contributed by atoms with van der Waals surface area (Å²) in [4.78, 5) is 29.3. The smallest absolute Gasteiger partial charge is 0.255 e. The van der Waals surface area contributed by atoms with Crippen LogP contribution in [0.1, 0.15) is 34.8 Å². The molecule has 2 amide bonds. The third kappa shape index (κ3) is 3.92. The summed E-state index contributed by atoms with van der Waals surface area (Å²) in [6.07, 6.45) is 2.18. The third-order valence-corrected chi connectivity index (χ3v) is 4.85. The lowest BCUT2D eigenvalue weighted by Gasteiger charge is -2.31. The molecular formula is C22H23FN2O2. The van der Waals surface area contributed by atoms with Crippen molar-refractivity contribution in [2.75, 3.05) is 6.54 Å². The Labute approximate surface area is 158 Å². The number of benzene rings is 2. The zero-order valence-electron chi connectivity index (χ0n) is 15.4. The van der Waals surface area contributed by atoms with Crippen LogP contribution in [0.15, 0.2) is 61.2 Å². The highest BCUT2D eigenvalue weighted by Gasteiger charge is 2.36. The van der Waals surface area contributed by atoms with E-state index in [9.17, 15) is 14.0 Å². The van der Waals surface area contributed by atoms with E-state index in [0.29, 0.717) is 31.6 Å². The fourth-order valence-corrected chi connectivity index (χ4v) is 3.47. The first-order chi connectivity index (χ1) is 13.0. The monoisotopic (exact) mass is 366 g/mol. The Morgan fingerprint density at radius 1 is 1.26 bits per heavy atom. The highest BCUT2D eigenvalue weighted by molar-refractivity contribution is 6.01. The summed E-state index contributed by atoms with van der Waals surface area (Å²) in [6.45, 7) is 6.79. The van der Waals surface area contributed by atoms with Gasteiger partial charge >= 0.3 is 0 Å². The van der Waals surface area contributed by atoms with Gasteiger partial charge in [0.2, 0.25) is 5.91 Å². The number of carbonyl (C=O) groups excluding carboxylic acids is 2. The Morgan fingerprint density at radius 3 is 2.59 bits per heavy atom. The van der Waals surface area contributed by atoms with Gasteiger partial charge in [-0.15, -0.1) is 6.58 Å². The zero-order valence-corrected chi connectivity index (χ0v) is 15.4. The molecule has 0 bridgehead atoms. The van der Waals surface area contributed by atoms with Crippen LogP contribution in [0, 0.1) is 5.82 Å². The fourth-order valence-electron chi connectivity index (χ4n) is 3.47. The molecule has 0 aliphatic carbocycles. The molecule has 0 unspecified atom stereocenters. The van der Waals surface area contributed by atoms with Crippen molar-refractivity contribution < 1.29 is 14.0 Å². The molecule has 0 saturated heterocycles. The summed E-state index contributed by atoms with van der Waals surface area (Å²) in [6, 6.07) is 13.0. The van der Waals surface area contributed by atoms with Crippen molar-refractivity contribution >= 4 is 11.8 Å². The van der Waals surface area contributed by atoms with Gasteiger partial charge in [-0.2, -0.15) is 0 Å². The predicted octanol–water partition coefficient (Wildman–Crippen LogP) is 3.77. The summed E-state index contributed by atoms with van der Waals surface area (Å²) < 4.78 is 13.2. The van der Waals surface area contributed by atoms with Crippen LogP contribution in [0.5, 0.6) is 0 Å². The first kappa shape index (κ1) is 18.8. The molecule has 0 N–H and O–H groups in total. The third-order valence-electron chi connectivity index (χ3n) is 4.85. The minimum atomic E-state index is -0.537. The van der Waals surface area contributed by atoms with Gasteiger partial charge in [0, 0.05) is 25.2 Å². The fraction of sp³-hybridized carbons (Fsp3) is 0.273. The maximum Gasteiger partial charge on any atom is 0.255 e. The number of nitrogens with zero attached hydrogens (tertiary/aromatic N) is 2. The molecular weight excluding hydrogens is 343 g/mol. The van der Waals surface area contributed by atoms with Gasteiger partial charge in [-0.05, 0) is 35.7 Å². The van der Waals surface area contributed by atoms with E-state index >= 15 is 0 Å². The van der Waals surface area contributed by atoms with Crippen LogP contribution in [0.25, 0.3) is 0 Å². The quantitative estimate of drug-likeness (QED) is 0.700. The standard InChI is InChI=1S/C22H23FN2O2/c1-3-13-24(14-16-9-11-18(23)12-10-16)22(27)20(4-2)25-15-17-7-5-6-8-19(17)21(25)26/h3,5-12,20H,1,4,13-15H2,2H3/t20-/m1/s1. The molecule has 1 aliphatic heterocycles. The zero-order chi connectivity index (χ0) is 19.4. The Kier molecular flexibility index (Phi) is 5.69. The molecule has 2 aromatic carbocycles. The highest BCUT2D eigenvalue weighted by atomic mass is 19.1. The van der Waals surface area contributed by atoms with E-state index in [2.05, 4.69) is 6.58 Å². The molecule has 5 heteroatoms. The van der Waals surface area contributed by atoms with Crippen LogP contribution in [0.2, 0.25) is 0 Å². The first-order valence-corrected chi connectivity index (χ1v) is 9.08. The van der Waals surface area contributed by atoms with Crippen LogP contribution in [0.3, 0.4) is 0 Å². The van der Waals surface area contributed by atoms with Gasteiger partial charge in [0.05, 0.1) is 0 Å². The highest BCUT2D eigenvalue weighted by Crippen LogP contribution is 2.26. The topological polar surface area (TPSA) is 40.6 Å². The molecule has 4 nitrogen and oxygen atoms in total. The predicted molar refractivity (Wildman–Crippen MR) is 102 cm³/mol. The van der Waals surface area contributed by atoms with Crippen LogP contribution in [-0.2, 0) is 17.9 Å². The molecule has 140 valence electrons. The SMILES string of the molecule is C=CCN(Cc1ccc(F)cc1)C(=O)[C@@H](CC)N1Cc2ccccc2C1=O. The van der Waals surface area contributed by atoms with Crippen LogP contribution in [-0.4, -0.2) is 34.2 Å². The molecule has 0 radical (unpaired) electrons. The largest absolute Gasteiger partial charge is 0.333 e. The van der Waals surface area contributed by atoms with E-state index in [1.165, 1.54) is 12.1 Å². The number of fused-ring (bicyclic) bond motifs is 1. The number of amides is 2. The lowest BCUT2D eigenvalue weighted by atomic mass is 10.1. The van der Waals surface area contributed by atoms with E-state index in [4.69, 9.17) is 0 Å². The van der Waals surface area contributed by atoms with Crippen molar-refractivity contribution in [1.82, 2.24) is 9.80 Å². The van der Waals surface area contributed by atoms with Gasteiger partial charge < -0.3 is 9.80 Å². The Hall–Kier alpha value is -2.95. The number of hydrogen-bond acceptors (Lipinski definition) is 2.